The van der Waals surface area contributed by atoms with Gasteiger partial charge in [-0.25, -0.2) is 21.8 Å². The van der Waals surface area contributed by atoms with Crippen LogP contribution in [-0.2, 0) is 26.2 Å². The summed E-state index contributed by atoms with van der Waals surface area (Å²) in [5, 5.41) is -0.274. The molecule has 0 saturated heterocycles. The number of hydrogen-bond acceptors (Lipinski definition) is 5. The summed E-state index contributed by atoms with van der Waals surface area (Å²) < 4.78 is 53.3. The maximum Gasteiger partial charge on any atom is 0.226 e. The van der Waals surface area contributed by atoms with E-state index in [1.165, 1.54) is 28.8 Å². The summed E-state index contributed by atoms with van der Waals surface area (Å²) in [5.41, 5.74) is 0.661. The molecule has 1 aliphatic heterocycles. The van der Waals surface area contributed by atoms with Gasteiger partial charge in [-0.15, -0.1) is 0 Å². The van der Waals surface area contributed by atoms with E-state index in [0.29, 0.717) is 29.4 Å². The van der Waals surface area contributed by atoms with Gasteiger partial charge in [-0.3, -0.25) is 0 Å². The number of hydrogen-bond donors (Lipinski definition) is 0. The Morgan fingerprint density at radius 3 is 2.33 bits per heavy atom. The van der Waals surface area contributed by atoms with Crippen molar-refractivity contribution in [2.45, 2.75) is 27.9 Å². The lowest BCUT2D eigenvalue weighted by molar-refractivity contribution is 0.529. The highest BCUT2D eigenvalue weighted by molar-refractivity contribution is 7.94. The standard InChI is InChI=1S/C18H15ClN2O4S2/c19-14-7-9-15(10-8-14)27(24,25)17-18-21(11-4-12-26(18,22)23)16(20-17)13-5-2-1-3-6-13/h1-3,5-10H,4,11-12H2. The number of fused-ring (bicyclic) bond motifs is 1. The van der Waals surface area contributed by atoms with Crippen LogP contribution in [0.3, 0.4) is 0 Å². The van der Waals surface area contributed by atoms with Crippen molar-refractivity contribution in [1.29, 1.82) is 0 Å². The molecular formula is C18H15ClN2O4S2. The monoisotopic (exact) mass is 422 g/mol. The molecule has 0 atom stereocenters. The second-order valence-corrected chi connectivity index (χ2v) is 10.5. The minimum atomic E-state index is -4.13. The minimum absolute atomic E-state index is 0.0480. The zero-order valence-corrected chi connectivity index (χ0v) is 16.4. The molecule has 0 N–H and O–H groups in total. The van der Waals surface area contributed by atoms with Gasteiger partial charge >= 0.3 is 0 Å². The van der Waals surface area contributed by atoms with Crippen molar-refractivity contribution in [3.05, 3.63) is 59.6 Å². The first-order valence-corrected chi connectivity index (χ1v) is 11.7. The smallest absolute Gasteiger partial charge is 0.226 e. The lowest BCUT2D eigenvalue weighted by Crippen LogP contribution is -2.23. The average Bonchev–Trinajstić information content (AvgIpc) is 3.05. The molecule has 0 aliphatic carbocycles. The van der Waals surface area contributed by atoms with Crippen LogP contribution >= 0.6 is 11.6 Å². The first-order chi connectivity index (χ1) is 12.8. The highest BCUT2D eigenvalue weighted by atomic mass is 35.5. The first kappa shape index (κ1) is 18.2. The number of rotatable bonds is 3. The molecule has 2 aromatic carbocycles. The Labute approximate surface area is 162 Å². The molecule has 2 heterocycles. The van der Waals surface area contributed by atoms with Crippen LogP contribution in [0.25, 0.3) is 11.4 Å². The predicted octanol–water partition coefficient (Wildman–Crippen LogP) is 3.21. The molecule has 6 nitrogen and oxygen atoms in total. The Hall–Kier alpha value is -2.16. The third-order valence-electron chi connectivity index (χ3n) is 4.39. The van der Waals surface area contributed by atoms with Gasteiger partial charge in [0.1, 0.15) is 5.82 Å². The van der Waals surface area contributed by atoms with Crippen LogP contribution in [0.1, 0.15) is 6.42 Å². The largest absolute Gasteiger partial charge is 0.314 e. The molecule has 140 valence electrons. The summed E-state index contributed by atoms with van der Waals surface area (Å²) in [7, 11) is -7.89. The molecule has 1 aliphatic rings. The number of nitrogens with zero attached hydrogens (tertiary/aromatic N) is 2. The van der Waals surface area contributed by atoms with E-state index in [2.05, 4.69) is 4.98 Å². The molecule has 0 bridgehead atoms. The summed E-state index contributed by atoms with van der Waals surface area (Å²) >= 11 is 5.84. The number of aromatic nitrogens is 2. The summed E-state index contributed by atoms with van der Waals surface area (Å²) in [6, 6.07) is 14.6. The fourth-order valence-electron chi connectivity index (χ4n) is 3.14. The van der Waals surface area contributed by atoms with Crippen molar-refractivity contribution in [2.75, 3.05) is 5.75 Å². The topological polar surface area (TPSA) is 86.1 Å². The minimum Gasteiger partial charge on any atom is -0.314 e. The van der Waals surface area contributed by atoms with Gasteiger partial charge in [-0.1, -0.05) is 41.9 Å². The summed E-state index contributed by atoms with van der Waals surface area (Å²) in [6.45, 7) is 0.391. The Morgan fingerprint density at radius 1 is 1.00 bits per heavy atom. The summed E-state index contributed by atoms with van der Waals surface area (Å²) in [5.74, 6) is 0.234. The van der Waals surface area contributed by atoms with Crippen LogP contribution in [0.4, 0.5) is 0 Å². The lowest BCUT2D eigenvalue weighted by atomic mass is 10.2. The maximum atomic E-state index is 13.2. The third kappa shape index (κ3) is 3.07. The van der Waals surface area contributed by atoms with E-state index >= 15 is 0 Å². The molecular weight excluding hydrogens is 408 g/mol. The van der Waals surface area contributed by atoms with Crippen molar-refractivity contribution in [1.82, 2.24) is 9.55 Å². The van der Waals surface area contributed by atoms with Crippen LogP contribution in [0, 0.1) is 0 Å². The summed E-state index contributed by atoms with van der Waals surface area (Å²) in [6.07, 6.45) is 0.409. The van der Waals surface area contributed by atoms with E-state index in [-0.39, 0.29) is 15.7 Å². The second-order valence-electron chi connectivity index (χ2n) is 6.19. The molecule has 4 rings (SSSR count). The Balaban J connectivity index is 2.02. The Morgan fingerprint density at radius 2 is 1.67 bits per heavy atom. The Kier molecular flexibility index (Phi) is 4.37. The van der Waals surface area contributed by atoms with E-state index in [0.717, 1.165) is 0 Å². The lowest BCUT2D eigenvalue weighted by Gasteiger charge is -2.17. The molecule has 3 aromatic rings. The molecule has 27 heavy (non-hydrogen) atoms. The average molecular weight is 423 g/mol. The Bertz CT molecular complexity index is 1220. The molecule has 0 saturated carbocycles. The molecule has 9 heteroatoms. The predicted molar refractivity (Wildman–Crippen MR) is 101 cm³/mol. The normalized spacial score (nSPS) is 16.0. The van der Waals surface area contributed by atoms with Gasteiger partial charge < -0.3 is 4.57 Å². The van der Waals surface area contributed by atoms with Crippen LogP contribution < -0.4 is 0 Å². The van der Waals surface area contributed by atoms with Crippen molar-refractivity contribution in [2.24, 2.45) is 0 Å². The second kappa shape index (κ2) is 6.47. The van der Waals surface area contributed by atoms with E-state index in [1.54, 1.807) is 24.3 Å². The van der Waals surface area contributed by atoms with Crippen LogP contribution in [-0.4, -0.2) is 32.1 Å². The molecule has 1 aromatic heterocycles. The SMILES string of the molecule is O=S1(=O)CCCn2c(-c3ccccc3)nc(S(=O)(=O)c3ccc(Cl)cc3)c21. The van der Waals surface area contributed by atoms with E-state index in [1.807, 2.05) is 6.07 Å². The zero-order chi connectivity index (χ0) is 19.2. The van der Waals surface area contributed by atoms with Crippen molar-refractivity contribution in [3.8, 4) is 11.4 Å². The van der Waals surface area contributed by atoms with Gasteiger partial charge in [0.05, 0.1) is 10.6 Å². The van der Waals surface area contributed by atoms with E-state index in [9.17, 15) is 16.8 Å². The molecule has 0 amide bonds. The fourth-order valence-corrected chi connectivity index (χ4v) is 6.77. The van der Waals surface area contributed by atoms with Crippen molar-refractivity contribution in [3.63, 3.8) is 0 Å². The van der Waals surface area contributed by atoms with Gasteiger partial charge in [-0.05, 0) is 30.7 Å². The number of sulfone groups is 2. The van der Waals surface area contributed by atoms with Gasteiger partial charge in [0.15, 0.2) is 19.9 Å². The number of halogens is 1. The molecule has 0 fully saturated rings. The summed E-state index contributed by atoms with van der Waals surface area (Å²) in [4.78, 5) is 4.24. The van der Waals surface area contributed by atoms with Crippen molar-refractivity contribution >= 4 is 31.3 Å². The maximum absolute atomic E-state index is 13.2. The van der Waals surface area contributed by atoms with Gasteiger partial charge in [0, 0.05) is 17.1 Å². The molecule has 0 radical (unpaired) electrons. The first-order valence-electron chi connectivity index (χ1n) is 8.20. The number of imidazole rings is 1. The van der Waals surface area contributed by atoms with Crippen LogP contribution in [0.15, 0.2) is 69.5 Å². The van der Waals surface area contributed by atoms with Gasteiger partial charge in [0.25, 0.3) is 0 Å². The fraction of sp³-hybridized carbons (Fsp3) is 0.167. The van der Waals surface area contributed by atoms with Gasteiger partial charge in [-0.2, -0.15) is 0 Å². The van der Waals surface area contributed by atoms with E-state index in [4.69, 9.17) is 11.6 Å². The quantitative estimate of drug-likeness (QED) is 0.646. The van der Waals surface area contributed by atoms with Crippen LogP contribution in [0.2, 0.25) is 5.02 Å². The zero-order valence-electron chi connectivity index (χ0n) is 14.0. The van der Waals surface area contributed by atoms with Crippen LogP contribution in [0.5, 0.6) is 0 Å². The van der Waals surface area contributed by atoms with E-state index < -0.39 is 24.7 Å². The highest BCUT2D eigenvalue weighted by Crippen LogP contribution is 2.35. The number of benzene rings is 2. The third-order valence-corrected chi connectivity index (χ3v) is 8.29. The van der Waals surface area contributed by atoms with Crippen molar-refractivity contribution < 1.29 is 16.8 Å². The highest BCUT2D eigenvalue weighted by Gasteiger charge is 2.37. The molecule has 0 spiro atoms. The molecule has 0 unspecified atom stereocenters. The van der Waals surface area contributed by atoms with Gasteiger partial charge in [0.2, 0.25) is 9.84 Å².